The molecule has 0 N–H and O–H groups in total. The molecule has 1 amide bonds. The maximum atomic E-state index is 12.5. The van der Waals surface area contributed by atoms with Crippen molar-refractivity contribution in [3.63, 3.8) is 0 Å². The summed E-state index contributed by atoms with van der Waals surface area (Å²) in [6, 6.07) is 8.79. The Balaban J connectivity index is 1.63. The normalized spacial score (nSPS) is 21.3. The van der Waals surface area contributed by atoms with Gasteiger partial charge < -0.3 is 4.90 Å². The molecule has 2 aromatic rings. The minimum absolute atomic E-state index is 0.207. The maximum Gasteiger partial charge on any atom is 0.224 e. The number of hydrogen-bond acceptors (Lipinski definition) is 3. The smallest absolute Gasteiger partial charge is 0.224 e. The standard InChI is InChI=1S/C17H22N4O/c1-13-5-3-4-6-16(13)15-9-14(2)21(10-15)17(22)7-8-20-12-18-11-19-20/h3-6,11-12,14-15H,7-10H2,1-2H3/t14-,15-/m0/s1. The lowest BCUT2D eigenvalue weighted by Gasteiger charge is -2.21. The highest BCUT2D eigenvalue weighted by Crippen LogP contribution is 2.33. The van der Waals surface area contributed by atoms with E-state index < -0.39 is 0 Å². The summed E-state index contributed by atoms with van der Waals surface area (Å²) >= 11 is 0. The van der Waals surface area contributed by atoms with Crippen LogP contribution in [0.1, 0.15) is 36.8 Å². The highest BCUT2D eigenvalue weighted by atomic mass is 16.2. The first kappa shape index (κ1) is 14.8. The van der Waals surface area contributed by atoms with Crippen LogP contribution in [-0.4, -0.2) is 38.2 Å². The molecule has 1 aliphatic heterocycles. The molecule has 3 rings (SSSR count). The van der Waals surface area contributed by atoms with Crippen molar-refractivity contribution in [1.29, 1.82) is 0 Å². The molecule has 5 heteroatoms. The molecule has 1 saturated heterocycles. The van der Waals surface area contributed by atoms with Gasteiger partial charge in [0.05, 0.1) is 6.54 Å². The first-order valence-electron chi connectivity index (χ1n) is 7.82. The van der Waals surface area contributed by atoms with Gasteiger partial charge >= 0.3 is 0 Å². The second-order valence-electron chi connectivity index (χ2n) is 6.09. The van der Waals surface area contributed by atoms with Crippen molar-refractivity contribution in [2.75, 3.05) is 6.54 Å². The number of rotatable bonds is 4. The minimum Gasteiger partial charge on any atom is -0.339 e. The summed E-state index contributed by atoms with van der Waals surface area (Å²) in [5, 5.41) is 4.04. The van der Waals surface area contributed by atoms with E-state index in [0.717, 1.165) is 13.0 Å². The monoisotopic (exact) mass is 298 g/mol. The third-order valence-electron chi connectivity index (χ3n) is 4.54. The number of carbonyl (C=O) groups is 1. The van der Waals surface area contributed by atoms with Crippen LogP contribution in [0.5, 0.6) is 0 Å². The van der Waals surface area contributed by atoms with E-state index in [4.69, 9.17) is 0 Å². The second-order valence-corrected chi connectivity index (χ2v) is 6.09. The van der Waals surface area contributed by atoms with Gasteiger partial charge in [-0.15, -0.1) is 0 Å². The lowest BCUT2D eigenvalue weighted by atomic mass is 9.93. The van der Waals surface area contributed by atoms with Crippen molar-refractivity contribution in [2.24, 2.45) is 0 Å². The first-order valence-corrected chi connectivity index (χ1v) is 7.82. The fourth-order valence-corrected chi connectivity index (χ4v) is 3.35. The molecule has 22 heavy (non-hydrogen) atoms. The molecule has 0 aliphatic carbocycles. The Bertz CT molecular complexity index is 638. The van der Waals surface area contributed by atoms with Crippen molar-refractivity contribution in [3.05, 3.63) is 48.0 Å². The lowest BCUT2D eigenvalue weighted by Crippen LogP contribution is -2.34. The molecule has 0 unspecified atom stereocenters. The highest BCUT2D eigenvalue weighted by molar-refractivity contribution is 5.77. The molecule has 2 atom stereocenters. The molecule has 2 heterocycles. The molecular weight excluding hydrogens is 276 g/mol. The molecule has 0 saturated carbocycles. The second kappa shape index (κ2) is 6.30. The SMILES string of the molecule is Cc1ccccc1[C@H]1C[C@H](C)N(C(=O)CCn2cncn2)C1. The lowest BCUT2D eigenvalue weighted by molar-refractivity contribution is -0.132. The maximum absolute atomic E-state index is 12.5. The van der Waals surface area contributed by atoms with Gasteiger partial charge in [0, 0.05) is 24.9 Å². The van der Waals surface area contributed by atoms with Crippen molar-refractivity contribution in [1.82, 2.24) is 19.7 Å². The Morgan fingerprint density at radius 1 is 1.36 bits per heavy atom. The van der Waals surface area contributed by atoms with Crippen molar-refractivity contribution >= 4 is 5.91 Å². The quantitative estimate of drug-likeness (QED) is 0.871. The van der Waals surface area contributed by atoms with Gasteiger partial charge in [-0.2, -0.15) is 5.10 Å². The Kier molecular flexibility index (Phi) is 4.22. The van der Waals surface area contributed by atoms with E-state index in [1.54, 1.807) is 11.0 Å². The summed E-state index contributed by atoms with van der Waals surface area (Å²) in [6.45, 7) is 5.71. The number of carbonyl (C=O) groups excluding carboxylic acids is 1. The molecule has 1 aromatic carbocycles. The van der Waals surface area contributed by atoms with Gasteiger partial charge in [-0.25, -0.2) is 4.98 Å². The Labute approximate surface area is 131 Å². The van der Waals surface area contributed by atoms with E-state index in [1.165, 1.54) is 17.5 Å². The third kappa shape index (κ3) is 3.03. The van der Waals surface area contributed by atoms with Crippen LogP contribution >= 0.6 is 0 Å². The van der Waals surface area contributed by atoms with Gasteiger partial charge in [-0.3, -0.25) is 9.48 Å². The average molecular weight is 298 g/mol. The Morgan fingerprint density at radius 2 is 2.18 bits per heavy atom. The molecule has 1 fully saturated rings. The summed E-state index contributed by atoms with van der Waals surface area (Å²) < 4.78 is 1.71. The van der Waals surface area contributed by atoms with E-state index in [1.807, 2.05) is 4.90 Å². The molecule has 5 nitrogen and oxygen atoms in total. The van der Waals surface area contributed by atoms with E-state index >= 15 is 0 Å². The number of amides is 1. The zero-order chi connectivity index (χ0) is 15.5. The van der Waals surface area contributed by atoms with Crippen LogP contribution in [0, 0.1) is 6.92 Å². The van der Waals surface area contributed by atoms with Crippen LogP contribution in [0.15, 0.2) is 36.9 Å². The fraction of sp³-hybridized carbons (Fsp3) is 0.471. The van der Waals surface area contributed by atoms with E-state index in [2.05, 4.69) is 48.2 Å². The van der Waals surface area contributed by atoms with Gasteiger partial charge in [0.25, 0.3) is 0 Å². The topological polar surface area (TPSA) is 51.0 Å². The highest BCUT2D eigenvalue weighted by Gasteiger charge is 2.33. The van der Waals surface area contributed by atoms with Crippen LogP contribution < -0.4 is 0 Å². The van der Waals surface area contributed by atoms with Crippen LogP contribution in [0.4, 0.5) is 0 Å². The Hall–Kier alpha value is -2.17. The summed E-state index contributed by atoms with van der Waals surface area (Å²) in [5.41, 5.74) is 2.69. The minimum atomic E-state index is 0.207. The number of likely N-dealkylation sites (tertiary alicyclic amines) is 1. The molecular formula is C17H22N4O. The molecule has 0 bridgehead atoms. The van der Waals surface area contributed by atoms with E-state index in [-0.39, 0.29) is 5.91 Å². The predicted octanol–water partition coefficient (Wildman–Crippen LogP) is 2.38. The van der Waals surface area contributed by atoms with Crippen molar-refractivity contribution < 1.29 is 4.79 Å². The molecule has 0 radical (unpaired) electrons. The van der Waals surface area contributed by atoms with Gasteiger partial charge in [0.15, 0.2) is 0 Å². The van der Waals surface area contributed by atoms with Crippen LogP contribution in [0.25, 0.3) is 0 Å². The summed E-state index contributed by atoms with van der Waals surface area (Å²) in [6.07, 6.45) is 4.67. The number of aromatic nitrogens is 3. The molecule has 1 aliphatic rings. The van der Waals surface area contributed by atoms with E-state index in [0.29, 0.717) is 24.9 Å². The number of nitrogens with zero attached hydrogens (tertiary/aromatic N) is 4. The summed E-state index contributed by atoms with van der Waals surface area (Å²) in [7, 11) is 0. The molecule has 0 spiro atoms. The zero-order valence-electron chi connectivity index (χ0n) is 13.1. The predicted molar refractivity (Wildman–Crippen MR) is 84.4 cm³/mol. The van der Waals surface area contributed by atoms with Crippen LogP contribution in [0.2, 0.25) is 0 Å². The van der Waals surface area contributed by atoms with Gasteiger partial charge in [0.1, 0.15) is 12.7 Å². The van der Waals surface area contributed by atoms with Crippen LogP contribution in [-0.2, 0) is 11.3 Å². The van der Waals surface area contributed by atoms with Crippen molar-refractivity contribution in [2.45, 2.75) is 45.2 Å². The van der Waals surface area contributed by atoms with Crippen LogP contribution in [0.3, 0.4) is 0 Å². The summed E-state index contributed by atoms with van der Waals surface area (Å²) in [4.78, 5) is 18.4. The number of hydrogen-bond donors (Lipinski definition) is 0. The molecule has 116 valence electrons. The van der Waals surface area contributed by atoms with E-state index in [9.17, 15) is 4.79 Å². The zero-order valence-corrected chi connectivity index (χ0v) is 13.1. The molecule has 1 aromatic heterocycles. The van der Waals surface area contributed by atoms with Gasteiger partial charge in [-0.1, -0.05) is 24.3 Å². The largest absolute Gasteiger partial charge is 0.339 e. The third-order valence-corrected chi connectivity index (χ3v) is 4.54. The average Bonchev–Trinajstić information content (AvgIpc) is 3.15. The van der Waals surface area contributed by atoms with Crippen molar-refractivity contribution in [3.8, 4) is 0 Å². The fourth-order valence-electron chi connectivity index (χ4n) is 3.35. The van der Waals surface area contributed by atoms with Gasteiger partial charge in [-0.05, 0) is 31.4 Å². The first-order chi connectivity index (χ1) is 10.6. The Morgan fingerprint density at radius 3 is 2.91 bits per heavy atom. The van der Waals surface area contributed by atoms with Gasteiger partial charge in [0.2, 0.25) is 5.91 Å². The number of benzene rings is 1. The number of aryl methyl sites for hydroxylation is 2. The summed E-state index contributed by atoms with van der Waals surface area (Å²) in [5.74, 6) is 0.658.